The molecule has 2 nitrogen and oxygen atoms in total. The van der Waals surface area contributed by atoms with Crippen LogP contribution < -0.4 is 0 Å². The molecule has 0 aliphatic heterocycles. The Hall–Kier alpha value is -3.00. The molecule has 26 heavy (non-hydrogen) atoms. The van der Waals surface area contributed by atoms with Gasteiger partial charge >= 0.3 is 0 Å². The molecule has 0 unspecified atom stereocenters. The molecular weight excluding hydrogens is 316 g/mol. The normalized spacial score (nSPS) is 11.1. The summed E-state index contributed by atoms with van der Waals surface area (Å²) in [5.41, 5.74) is 10.2. The summed E-state index contributed by atoms with van der Waals surface area (Å²) in [6.45, 7) is 8.51. The fourth-order valence-corrected chi connectivity index (χ4v) is 3.68. The average Bonchev–Trinajstić information content (AvgIpc) is 2.59. The lowest BCUT2D eigenvalue weighted by Gasteiger charge is -2.12. The van der Waals surface area contributed by atoms with Gasteiger partial charge in [-0.3, -0.25) is 4.98 Å². The van der Waals surface area contributed by atoms with Crippen molar-refractivity contribution in [2.75, 3.05) is 0 Å². The highest BCUT2D eigenvalue weighted by Crippen LogP contribution is 2.31. The molecule has 2 heterocycles. The highest BCUT2D eigenvalue weighted by atomic mass is 14.7. The third-order valence-corrected chi connectivity index (χ3v) is 4.61. The molecule has 0 saturated heterocycles. The van der Waals surface area contributed by atoms with Crippen molar-refractivity contribution in [2.24, 2.45) is 0 Å². The second-order valence-electron chi connectivity index (χ2n) is 7.18. The van der Waals surface area contributed by atoms with Crippen LogP contribution in [0.3, 0.4) is 0 Å². The number of rotatable bonds is 2. The number of aryl methyl sites for hydroxylation is 4. The van der Waals surface area contributed by atoms with Crippen LogP contribution in [0.5, 0.6) is 0 Å². The maximum absolute atomic E-state index is 5.07. The minimum absolute atomic E-state index is 0.970. The Labute approximate surface area is 154 Å². The quantitative estimate of drug-likeness (QED) is 0.435. The van der Waals surface area contributed by atoms with Gasteiger partial charge in [0.25, 0.3) is 0 Å². The minimum Gasteiger partial charge on any atom is -0.256 e. The van der Waals surface area contributed by atoms with E-state index in [0.29, 0.717) is 0 Å². The molecule has 0 radical (unpaired) electrons. The van der Waals surface area contributed by atoms with Gasteiger partial charge in [-0.15, -0.1) is 0 Å². The zero-order valence-corrected chi connectivity index (χ0v) is 15.7. The van der Waals surface area contributed by atoms with Crippen molar-refractivity contribution < 1.29 is 0 Å². The van der Waals surface area contributed by atoms with Crippen molar-refractivity contribution in [3.05, 3.63) is 83.0 Å². The highest BCUT2D eigenvalue weighted by molar-refractivity contribution is 5.94. The van der Waals surface area contributed by atoms with Crippen molar-refractivity contribution in [3.63, 3.8) is 0 Å². The summed E-state index contributed by atoms with van der Waals surface area (Å²) >= 11 is 0. The van der Waals surface area contributed by atoms with Crippen molar-refractivity contribution in [2.45, 2.75) is 27.7 Å². The largest absolute Gasteiger partial charge is 0.256 e. The molecule has 2 aromatic carbocycles. The number of hydrogen-bond donors (Lipinski definition) is 0. The van der Waals surface area contributed by atoms with Gasteiger partial charge in [-0.25, -0.2) is 4.98 Å². The number of aromatic nitrogens is 2. The lowest BCUT2D eigenvalue weighted by molar-refractivity contribution is 1.29. The van der Waals surface area contributed by atoms with Gasteiger partial charge in [0.2, 0.25) is 0 Å². The first-order valence-electron chi connectivity index (χ1n) is 8.93. The smallest absolute Gasteiger partial charge is 0.0803 e. The summed E-state index contributed by atoms with van der Waals surface area (Å²) in [4.78, 5) is 9.67. The number of hydrogen-bond acceptors (Lipinski definition) is 2. The Morgan fingerprint density at radius 3 is 1.85 bits per heavy atom. The Bertz CT molecular complexity index is 1090. The summed E-state index contributed by atoms with van der Waals surface area (Å²) in [6, 6.07) is 19.3. The van der Waals surface area contributed by atoms with Gasteiger partial charge in [-0.05, 0) is 70.2 Å². The first kappa shape index (κ1) is 16.5. The molecule has 0 aliphatic carbocycles. The molecule has 0 aliphatic rings. The lowest BCUT2D eigenvalue weighted by atomic mass is 9.99. The summed E-state index contributed by atoms with van der Waals surface area (Å²) in [5.74, 6) is 0. The SMILES string of the molecule is Cc1cc(C)cc(-c2cc3ncccc3c(-c3cc(C)cc(C)c3)n2)c1. The van der Waals surface area contributed by atoms with Crippen LogP contribution in [0.25, 0.3) is 33.4 Å². The molecule has 4 rings (SSSR count). The van der Waals surface area contributed by atoms with Crippen LogP contribution in [-0.4, -0.2) is 9.97 Å². The molecule has 0 bridgehead atoms. The van der Waals surface area contributed by atoms with Crippen LogP contribution in [0.2, 0.25) is 0 Å². The molecule has 0 fully saturated rings. The second kappa shape index (κ2) is 6.38. The van der Waals surface area contributed by atoms with E-state index < -0.39 is 0 Å². The predicted octanol–water partition coefficient (Wildman–Crippen LogP) is 6.20. The van der Waals surface area contributed by atoms with Crippen LogP contribution in [-0.2, 0) is 0 Å². The number of pyridine rings is 2. The van der Waals surface area contributed by atoms with Crippen molar-refractivity contribution in [3.8, 4) is 22.5 Å². The van der Waals surface area contributed by atoms with Crippen molar-refractivity contribution in [1.29, 1.82) is 0 Å². The van der Waals surface area contributed by atoms with E-state index in [0.717, 1.165) is 33.4 Å². The first-order valence-corrected chi connectivity index (χ1v) is 8.93. The molecule has 0 saturated carbocycles. The fourth-order valence-electron chi connectivity index (χ4n) is 3.68. The molecule has 0 amide bonds. The Morgan fingerprint density at radius 1 is 0.654 bits per heavy atom. The average molecular weight is 338 g/mol. The summed E-state index contributed by atoms with van der Waals surface area (Å²) in [6.07, 6.45) is 1.85. The molecule has 128 valence electrons. The van der Waals surface area contributed by atoms with Crippen LogP contribution in [0.15, 0.2) is 60.8 Å². The molecule has 2 aromatic heterocycles. The summed E-state index contributed by atoms with van der Waals surface area (Å²) < 4.78 is 0. The number of benzene rings is 2. The van der Waals surface area contributed by atoms with Crippen LogP contribution in [0, 0.1) is 27.7 Å². The monoisotopic (exact) mass is 338 g/mol. The fraction of sp³-hybridized carbons (Fsp3) is 0.167. The van der Waals surface area contributed by atoms with E-state index in [1.165, 1.54) is 22.3 Å². The molecule has 0 atom stereocenters. The van der Waals surface area contributed by atoms with E-state index in [4.69, 9.17) is 4.98 Å². The molecule has 4 aromatic rings. The maximum Gasteiger partial charge on any atom is 0.0803 e. The topological polar surface area (TPSA) is 25.8 Å². The van der Waals surface area contributed by atoms with E-state index in [1.807, 2.05) is 12.3 Å². The Kier molecular flexibility index (Phi) is 4.04. The predicted molar refractivity (Wildman–Crippen MR) is 109 cm³/mol. The van der Waals surface area contributed by atoms with E-state index in [9.17, 15) is 0 Å². The first-order chi connectivity index (χ1) is 12.5. The van der Waals surface area contributed by atoms with Gasteiger partial charge < -0.3 is 0 Å². The Balaban J connectivity index is 2.02. The lowest BCUT2D eigenvalue weighted by Crippen LogP contribution is -1.94. The molecule has 0 N–H and O–H groups in total. The van der Waals surface area contributed by atoms with Gasteiger partial charge in [0.05, 0.1) is 16.9 Å². The molecule has 2 heteroatoms. The third kappa shape index (κ3) is 3.11. The second-order valence-corrected chi connectivity index (χ2v) is 7.18. The van der Waals surface area contributed by atoms with Crippen LogP contribution in [0.4, 0.5) is 0 Å². The number of fused-ring (bicyclic) bond motifs is 1. The summed E-state index contributed by atoms with van der Waals surface area (Å²) in [7, 11) is 0. The van der Waals surface area contributed by atoms with Crippen LogP contribution in [0.1, 0.15) is 22.3 Å². The van der Waals surface area contributed by atoms with Gasteiger partial charge in [0.1, 0.15) is 0 Å². The van der Waals surface area contributed by atoms with Crippen molar-refractivity contribution in [1.82, 2.24) is 9.97 Å². The zero-order valence-electron chi connectivity index (χ0n) is 15.7. The summed E-state index contributed by atoms with van der Waals surface area (Å²) in [5, 5.41) is 1.09. The van der Waals surface area contributed by atoms with E-state index in [1.54, 1.807) is 0 Å². The van der Waals surface area contributed by atoms with E-state index in [2.05, 4.69) is 81.2 Å². The van der Waals surface area contributed by atoms with Gasteiger partial charge in [0.15, 0.2) is 0 Å². The van der Waals surface area contributed by atoms with Gasteiger partial charge in [-0.1, -0.05) is 34.4 Å². The highest BCUT2D eigenvalue weighted by Gasteiger charge is 2.12. The molecule has 0 spiro atoms. The van der Waals surface area contributed by atoms with Gasteiger partial charge in [0, 0.05) is 22.7 Å². The maximum atomic E-state index is 5.07. The zero-order chi connectivity index (χ0) is 18.3. The van der Waals surface area contributed by atoms with Crippen LogP contribution >= 0.6 is 0 Å². The van der Waals surface area contributed by atoms with Gasteiger partial charge in [-0.2, -0.15) is 0 Å². The van der Waals surface area contributed by atoms with E-state index >= 15 is 0 Å². The number of nitrogens with zero attached hydrogens (tertiary/aromatic N) is 2. The van der Waals surface area contributed by atoms with Crippen molar-refractivity contribution >= 4 is 10.9 Å². The third-order valence-electron chi connectivity index (χ3n) is 4.61. The molecular formula is C24H22N2. The standard InChI is InChI=1S/C24H22N2/c1-15-8-16(2)11-19(10-15)22-14-23-21(6-5-7-25-23)24(26-22)20-12-17(3)9-18(4)13-20/h5-14H,1-4H3. The Morgan fingerprint density at radius 2 is 1.23 bits per heavy atom. The minimum atomic E-state index is 0.970. The van der Waals surface area contributed by atoms with E-state index in [-0.39, 0.29) is 0 Å².